The Bertz CT molecular complexity index is 371. The van der Waals surface area contributed by atoms with Gasteiger partial charge in [-0.25, -0.2) is 9.78 Å². The maximum absolute atomic E-state index is 11.2. The van der Waals surface area contributed by atoms with E-state index in [0.29, 0.717) is 5.03 Å². The maximum atomic E-state index is 11.2. The van der Waals surface area contributed by atoms with Crippen molar-refractivity contribution in [3.63, 3.8) is 0 Å². The Morgan fingerprint density at radius 1 is 1.50 bits per heavy atom. The first-order valence-corrected chi connectivity index (χ1v) is 5.67. The van der Waals surface area contributed by atoms with Crippen LogP contribution in [0.15, 0.2) is 17.4 Å². The van der Waals surface area contributed by atoms with E-state index in [2.05, 4.69) is 14.7 Å². The third-order valence-corrected chi connectivity index (χ3v) is 3.20. The van der Waals surface area contributed by atoms with Crippen LogP contribution in [0.2, 0.25) is 0 Å². The normalized spacial score (nSPS) is 14.2. The van der Waals surface area contributed by atoms with Crippen molar-refractivity contribution in [2.24, 2.45) is 0 Å². The summed E-state index contributed by atoms with van der Waals surface area (Å²) in [6.45, 7) is 3.58. The van der Waals surface area contributed by atoms with Gasteiger partial charge in [-0.05, 0) is 6.92 Å². The number of hydrogen-bond donors (Lipinski definition) is 1. The molecule has 1 aromatic heterocycles. The van der Waals surface area contributed by atoms with Crippen molar-refractivity contribution in [3.8, 4) is 0 Å². The van der Waals surface area contributed by atoms with E-state index in [0.717, 1.165) is 0 Å². The minimum Gasteiger partial charge on any atom is -0.464 e. The Hall–Kier alpha value is -1.14. The molecule has 6 heteroatoms. The van der Waals surface area contributed by atoms with E-state index in [4.69, 9.17) is 0 Å². The minimum absolute atomic E-state index is 0.0119. The van der Waals surface area contributed by atoms with Crippen LogP contribution in [0.3, 0.4) is 0 Å². The van der Waals surface area contributed by atoms with E-state index in [1.165, 1.54) is 25.1 Å². The summed E-state index contributed by atoms with van der Waals surface area (Å²) >= 11 is 1.36. The van der Waals surface area contributed by atoms with Gasteiger partial charge in [0, 0.05) is 5.25 Å². The lowest BCUT2D eigenvalue weighted by atomic mass is 10.3. The number of thioether (sulfide) groups is 1. The van der Waals surface area contributed by atoms with Gasteiger partial charge in [0.1, 0.15) is 5.03 Å². The molecule has 0 radical (unpaired) electrons. The van der Waals surface area contributed by atoms with E-state index < -0.39 is 12.1 Å². The molecule has 0 saturated carbocycles. The molecule has 2 unspecified atom stereocenters. The first-order chi connectivity index (χ1) is 7.54. The summed E-state index contributed by atoms with van der Waals surface area (Å²) in [5, 5.41) is 9.93. The number of methoxy groups -OCH3 is 1. The number of hydrogen-bond acceptors (Lipinski definition) is 6. The van der Waals surface area contributed by atoms with Crippen molar-refractivity contribution in [2.75, 3.05) is 7.11 Å². The van der Waals surface area contributed by atoms with Crippen LogP contribution >= 0.6 is 11.8 Å². The highest BCUT2D eigenvalue weighted by atomic mass is 32.2. The molecule has 1 aromatic rings. The molecule has 0 saturated heterocycles. The Morgan fingerprint density at radius 3 is 2.75 bits per heavy atom. The fraction of sp³-hybridized carbons (Fsp3) is 0.500. The molecule has 0 spiro atoms. The standard InChI is InChI=1S/C10H14N2O3S/c1-6(13)7(2)16-9-5-11-4-8(12-9)10(14)15-3/h4-7,13H,1-3H3. The molecule has 0 aromatic carbocycles. The van der Waals surface area contributed by atoms with Gasteiger partial charge >= 0.3 is 5.97 Å². The third-order valence-electron chi connectivity index (χ3n) is 1.99. The van der Waals surface area contributed by atoms with Gasteiger partial charge in [-0.1, -0.05) is 18.7 Å². The molecule has 0 bridgehead atoms. The van der Waals surface area contributed by atoms with Crippen LogP contribution in [0.4, 0.5) is 0 Å². The van der Waals surface area contributed by atoms with Gasteiger partial charge in [0.25, 0.3) is 0 Å². The average molecular weight is 242 g/mol. The van der Waals surface area contributed by atoms with E-state index in [9.17, 15) is 9.90 Å². The van der Waals surface area contributed by atoms with Gasteiger partial charge in [0.2, 0.25) is 0 Å². The smallest absolute Gasteiger partial charge is 0.358 e. The first-order valence-electron chi connectivity index (χ1n) is 4.79. The largest absolute Gasteiger partial charge is 0.464 e. The summed E-state index contributed by atoms with van der Waals surface area (Å²) in [6, 6.07) is 0. The monoisotopic (exact) mass is 242 g/mol. The molecule has 0 amide bonds. The van der Waals surface area contributed by atoms with Crippen molar-refractivity contribution < 1.29 is 14.6 Å². The Balaban J connectivity index is 2.78. The van der Waals surface area contributed by atoms with Gasteiger partial charge in [-0.3, -0.25) is 4.98 Å². The number of rotatable bonds is 4. The Kier molecular flexibility index (Phi) is 4.70. The van der Waals surface area contributed by atoms with Gasteiger partial charge in [0.15, 0.2) is 5.69 Å². The predicted molar refractivity (Wildman–Crippen MR) is 60.4 cm³/mol. The maximum Gasteiger partial charge on any atom is 0.358 e. The van der Waals surface area contributed by atoms with Gasteiger partial charge in [0.05, 0.1) is 25.6 Å². The van der Waals surface area contributed by atoms with Crippen LogP contribution in [-0.2, 0) is 4.74 Å². The zero-order chi connectivity index (χ0) is 12.1. The fourth-order valence-corrected chi connectivity index (χ4v) is 1.75. The zero-order valence-electron chi connectivity index (χ0n) is 9.38. The van der Waals surface area contributed by atoms with Crippen LogP contribution in [0.1, 0.15) is 24.3 Å². The summed E-state index contributed by atoms with van der Waals surface area (Å²) in [4.78, 5) is 19.2. The molecule has 1 N–H and O–H groups in total. The SMILES string of the molecule is COC(=O)c1cncc(SC(C)C(C)O)n1. The molecule has 0 aliphatic rings. The van der Waals surface area contributed by atoms with E-state index in [-0.39, 0.29) is 10.9 Å². The minimum atomic E-state index is -0.514. The molecule has 1 rings (SSSR count). The van der Waals surface area contributed by atoms with Crippen LogP contribution in [0.25, 0.3) is 0 Å². The van der Waals surface area contributed by atoms with Crippen LogP contribution in [0.5, 0.6) is 0 Å². The first kappa shape index (κ1) is 12.9. The molecular formula is C10H14N2O3S. The zero-order valence-corrected chi connectivity index (χ0v) is 10.2. The average Bonchev–Trinajstić information content (AvgIpc) is 2.28. The number of carbonyl (C=O) groups is 1. The van der Waals surface area contributed by atoms with Crippen molar-refractivity contribution in [2.45, 2.75) is 30.2 Å². The van der Waals surface area contributed by atoms with Gasteiger partial charge < -0.3 is 9.84 Å². The topological polar surface area (TPSA) is 72.3 Å². The highest BCUT2D eigenvalue weighted by Crippen LogP contribution is 2.22. The molecule has 2 atom stereocenters. The second-order valence-electron chi connectivity index (χ2n) is 3.30. The molecule has 16 heavy (non-hydrogen) atoms. The number of esters is 1. The van der Waals surface area contributed by atoms with Gasteiger partial charge in [-0.15, -0.1) is 0 Å². The highest BCUT2D eigenvalue weighted by Gasteiger charge is 2.14. The lowest BCUT2D eigenvalue weighted by Gasteiger charge is -2.13. The second-order valence-corrected chi connectivity index (χ2v) is 4.70. The number of aliphatic hydroxyl groups is 1. The summed E-state index contributed by atoms with van der Waals surface area (Å²) in [5.74, 6) is -0.514. The van der Waals surface area contributed by atoms with Crippen molar-refractivity contribution >= 4 is 17.7 Å². The van der Waals surface area contributed by atoms with E-state index in [1.54, 1.807) is 13.1 Å². The lowest BCUT2D eigenvalue weighted by molar-refractivity contribution is 0.0592. The number of aromatic nitrogens is 2. The summed E-state index contributed by atoms with van der Waals surface area (Å²) in [6.07, 6.45) is 2.45. The third kappa shape index (κ3) is 3.46. The van der Waals surface area contributed by atoms with Crippen molar-refractivity contribution in [3.05, 3.63) is 18.1 Å². The molecule has 5 nitrogen and oxygen atoms in total. The summed E-state index contributed by atoms with van der Waals surface area (Å²) < 4.78 is 4.54. The number of ether oxygens (including phenoxy) is 1. The van der Waals surface area contributed by atoms with Crippen molar-refractivity contribution in [1.82, 2.24) is 9.97 Å². The molecule has 1 heterocycles. The molecule has 0 aliphatic carbocycles. The van der Waals surface area contributed by atoms with Gasteiger partial charge in [-0.2, -0.15) is 0 Å². The molecule has 88 valence electrons. The quantitative estimate of drug-likeness (QED) is 0.630. The van der Waals surface area contributed by atoms with E-state index in [1.807, 2.05) is 6.92 Å². The predicted octanol–water partition coefficient (Wildman–Crippen LogP) is 1.12. The number of aliphatic hydroxyl groups excluding tert-OH is 1. The van der Waals surface area contributed by atoms with Crippen LogP contribution in [-0.4, -0.2) is 39.5 Å². The number of carbonyl (C=O) groups excluding carboxylic acids is 1. The second kappa shape index (κ2) is 5.81. The summed E-state index contributed by atoms with van der Waals surface area (Å²) in [5.41, 5.74) is 0.172. The van der Waals surface area contributed by atoms with Crippen LogP contribution in [0, 0.1) is 0 Å². The van der Waals surface area contributed by atoms with E-state index >= 15 is 0 Å². The lowest BCUT2D eigenvalue weighted by Crippen LogP contribution is -2.15. The highest BCUT2D eigenvalue weighted by molar-refractivity contribution is 7.99. The number of nitrogens with zero attached hydrogens (tertiary/aromatic N) is 2. The molecular weight excluding hydrogens is 228 g/mol. The van der Waals surface area contributed by atoms with Crippen molar-refractivity contribution in [1.29, 1.82) is 0 Å². The Labute approximate surface area is 98.3 Å². The Morgan fingerprint density at radius 2 is 2.19 bits per heavy atom. The van der Waals surface area contributed by atoms with Crippen LogP contribution < -0.4 is 0 Å². The molecule has 0 fully saturated rings. The fourth-order valence-electron chi connectivity index (χ4n) is 0.897. The molecule has 0 aliphatic heterocycles. The summed E-state index contributed by atoms with van der Waals surface area (Å²) in [7, 11) is 1.29.